The molecule has 0 radical (unpaired) electrons. The SMILES string of the molecule is Cc1nc(-c2ccc(F)cc2)oc1-c1csc(-c2ccc(F)c(Cl)c2)n1. The van der Waals surface area contributed by atoms with Gasteiger partial charge in [-0.25, -0.2) is 18.7 Å². The molecule has 130 valence electrons. The van der Waals surface area contributed by atoms with Crippen LogP contribution in [0.5, 0.6) is 0 Å². The Hall–Kier alpha value is -2.57. The summed E-state index contributed by atoms with van der Waals surface area (Å²) in [6, 6.07) is 10.4. The van der Waals surface area contributed by atoms with Gasteiger partial charge in [-0.05, 0) is 49.4 Å². The van der Waals surface area contributed by atoms with Crippen molar-refractivity contribution in [1.82, 2.24) is 9.97 Å². The van der Waals surface area contributed by atoms with Gasteiger partial charge in [0, 0.05) is 16.5 Å². The highest BCUT2D eigenvalue weighted by Gasteiger charge is 2.17. The summed E-state index contributed by atoms with van der Waals surface area (Å²) in [6.07, 6.45) is 0. The number of benzene rings is 2. The van der Waals surface area contributed by atoms with Gasteiger partial charge >= 0.3 is 0 Å². The van der Waals surface area contributed by atoms with Crippen LogP contribution in [0.2, 0.25) is 5.02 Å². The molecule has 7 heteroatoms. The predicted octanol–water partition coefficient (Wildman–Crippen LogP) is 6.37. The Balaban J connectivity index is 1.69. The summed E-state index contributed by atoms with van der Waals surface area (Å²) >= 11 is 7.24. The highest BCUT2D eigenvalue weighted by molar-refractivity contribution is 7.13. The third-order valence-electron chi connectivity index (χ3n) is 3.79. The van der Waals surface area contributed by atoms with Gasteiger partial charge in [-0.2, -0.15) is 0 Å². The van der Waals surface area contributed by atoms with E-state index < -0.39 is 5.82 Å². The van der Waals surface area contributed by atoms with Crippen LogP contribution < -0.4 is 0 Å². The molecule has 2 aromatic heterocycles. The second-order valence-electron chi connectivity index (χ2n) is 5.61. The van der Waals surface area contributed by atoms with Gasteiger partial charge in [-0.3, -0.25) is 0 Å². The molecule has 0 bridgehead atoms. The van der Waals surface area contributed by atoms with E-state index in [9.17, 15) is 8.78 Å². The quantitative estimate of drug-likeness (QED) is 0.409. The molecule has 0 fully saturated rings. The fourth-order valence-electron chi connectivity index (χ4n) is 2.49. The molecular formula is C19H11ClF2N2OS. The van der Waals surface area contributed by atoms with Crippen molar-refractivity contribution in [2.24, 2.45) is 0 Å². The van der Waals surface area contributed by atoms with Crippen LogP contribution >= 0.6 is 22.9 Å². The third-order valence-corrected chi connectivity index (χ3v) is 4.97. The molecule has 0 spiro atoms. The standard InChI is InChI=1S/C19H11ClF2N2OS/c1-10-17(25-18(23-10)11-2-5-13(21)6-3-11)16-9-26-19(24-16)12-4-7-15(22)14(20)8-12/h2-9H,1H3. The Bertz CT molecular complexity index is 1090. The summed E-state index contributed by atoms with van der Waals surface area (Å²) in [6.45, 7) is 1.82. The smallest absolute Gasteiger partial charge is 0.227 e. The van der Waals surface area contributed by atoms with Crippen molar-refractivity contribution in [2.45, 2.75) is 6.92 Å². The van der Waals surface area contributed by atoms with E-state index in [1.165, 1.54) is 35.6 Å². The van der Waals surface area contributed by atoms with Crippen LogP contribution in [0.1, 0.15) is 5.69 Å². The molecule has 0 atom stereocenters. The van der Waals surface area contributed by atoms with Crippen LogP contribution in [0, 0.1) is 18.6 Å². The lowest BCUT2D eigenvalue weighted by Gasteiger charge is -1.98. The summed E-state index contributed by atoms with van der Waals surface area (Å²) < 4.78 is 32.3. The minimum atomic E-state index is -0.470. The van der Waals surface area contributed by atoms with Gasteiger partial charge in [-0.1, -0.05) is 11.6 Å². The van der Waals surface area contributed by atoms with E-state index in [0.29, 0.717) is 33.6 Å². The minimum Gasteiger partial charge on any atom is -0.434 e. The maximum absolute atomic E-state index is 13.3. The topological polar surface area (TPSA) is 38.9 Å². The third kappa shape index (κ3) is 3.13. The first kappa shape index (κ1) is 16.9. The van der Waals surface area contributed by atoms with Crippen LogP contribution in [0.15, 0.2) is 52.3 Å². The molecule has 26 heavy (non-hydrogen) atoms. The summed E-state index contributed by atoms with van der Waals surface area (Å²) in [7, 11) is 0. The number of aromatic nitrogens is 2. The number of hydrogen-bond donors (Lipinski definition) is 0. The van der Waals surface area contributed by atoms with Crippen LogP contribution in [0.4, 0.5) is 8.78 Å². The van der Waals surface area contributed by atoms with Crippen LogP contribution in [-0.2, 0) is 0 Å². The van der Waals surface area contributed by atoms with Crippen molar-refractivity contribution in [3.05, 3.63) is 70.2 Å². The zero-order valence-electron chi connectivity index (χ0n) is 13.5. The Labute approximate surface area is 156 Å². The molecule has 0 aliphatic heterocycles. The van der Waals surface area contributed by atoms with E-state index in [4.69, 9.17) is 16.0 Å². The second-order valence-corrected chi connectivity index (χ2v) is 6.87. The normalized spacial score (nSPS) is 11.1. The van der Waals surface area contributed by atoms with E-state index in [1.807, 2.05) is 12.3 Å². The zero-order valence-corrected chi connectivity index (χ0v) is 15.0. The van der Waals surface area contributed by atoms with E-state index in [-0.39, 0.29) is 10.8 Å². The predicted molar refractivity (Wildman–Crippen MR) is 98.1 cm³/mol. The molecule has 0 amide bonds. The van der Waals surface area contributed by atoms with E-state index in [2.05, 4.69) is 9.97 Å². The summed E-state index contributed by atoms with van der Waals surface area (Å²) in [5.41, 5.74) is 2.72. The first-order valence-electron chi connectivity index (χ1n) is 7.66. The average molecular weight is 389 g/mol. The lowest BCUT2D eigenvalue weighted by atomic mass is 10.2. The number of nitrogens with zero attached hydrogens (tertiary/aromatic N) is 2. The molecule has 4 rings (SSSR count). The Kier molecular flexibility index (Phi) is 4.30. The van der Waals surface area contributed by atoms with E-state index in [1.54, 1.807) is 18.2 Å². The Morgan fingerprint density at radius 1 is 1.00 bits per heavy atom. The van der Waals surface area contributed by atoms with Crippen molar-refractivity contribution in [1.29, 1.82) is 0 Å². The molecule has 4 aromatic rings. The van der Waals surface area contributed by atoms with Gasteiger partial charge in [0.05, 0.1) is 10.7 Å². The zero-order chi connectivity index (χ0) is 18.3. The van der Waals surface area contributed by atoms with Gasteiger partial charge in [0.15, 0.2) is 5.76 Å². The number of rotatable bonds is 3. The first-order valence-corrected chi connectivity index (χ1v) is 8.92. The maximum Gasteiger partial charge on any atom is 0.227 e. The van der Waals surface area contributed by atoms with Crippen molar-refractivity contribution in [3.8, 4) is 33.5 Å². The van der Waals surface area contributed by atoms with Gasteiger partial charge in [0.2, 0.25) is 5.89 Å². The summed E-state index contributed by atoms with van der Waals surface area (Å²) in [5, 5.41) is 2.59. The van der Waals surface area contributed by atoms with Gasteiger partial charge in [0.25, 0.3) is 0 Å². The fourth-order valence-corrected chi connectivity index (χ4v) is 3.47. The second kappa shape index (κ2) is 6.63. The van der Waals surface area contributed by atoms with Gasteiger partial charge < -0.3 is 4.42 Å². The number of hydrogen-bond acceptors (Lipinski definition) is 4. The highest BCUT2D eigenvalue weighted by Crippen LogP contribution is 2.34. The molecule has 2 heterocycles. The molecule has 3 nitrogen and oxygen atoms in total. The van der Waals surface area contributed by atoms with E-state index >= 15 is 0 Å². The summed E-state index contributed by atoms with van der Waals surface area (Å²) in [4.78, 5) is 8.95. The van der Waals surface area contributed by atoms with Crippen LogP contribution in [0.3, 0.4) is 0 Å². The lowest BCUT2D eigenvalue weighted by Crippen LogP contribution is -1.82. The molecule has 0 unspecified atom stereocenters. The molecule has 2 aromatic carbocycles. The largest absolute Gasteiger partial charge is 0.434 e. The fraction of sp³-hybridized carbons (Fsp3) is 0.0526. The molecule has 0 aliphatic rings. The molecule has 0 saturated heterocycles. The number of thiazole rings is 1. The number of aryl methyl sites for hydroxylation is 1. The average Bonchev–Trinajstić information content (AvgIpc) is 3.25. The van der Waals surface area contributed by atoms with Crippen molar-refractivity contribution < 1.29 is 13.2 Å². The highest BCUT2D eigenvalue weighted by atomic mass is 35.5. The Morgan fingerprint density at radius 3 is 2.46 bits per heavy atom. The van der Waals surface area contributed by atoms with Crippen molar-refractivity contribution in [2.75, 3.05) is 0 Å². The number of halogens is 3. The molecular weight excluding hydrogens is 378 g/mol. The van der Waals surface area contributed by atoms with Crippen LogP contribution in [-0.4, -0.2) is 9.97 Å². The van der Waals surface area contributed by atoms with Gasteiger partial charge in [0.1, 0.15) is 22.3 Å². The van der Waals surface area contributed by atoms with Crippen molar-refractivity contribution >= 4 is 22.9 Å². The summed E-state index contributed by atoms with van der Waals surface area (Å²) in [5.74, 6) is 0.151. The molecule has 0 aliphatic carbocycles. The molecule has 0 saturated carbocycles. The number of oxazole rings is 1. The maximum atomic E-state index is 13.3. The monoisotopic (exact) mass is 388 g/mol. The van der Waals surface area contributed by atoms with E-state index in [0.717, 1.165) is 5.56 Å². The first-order chi connectivity index (χ1) is 12.5. The van der Waals surface area contributed by atoms with Gasteiger partial charge in [-0.15, -0.1) is 11.3 Å². The lowest BCUT2D eigenvalue weighted by molar-refractivity contribution is 0.585. The molecule has 0 N–H and O–H groups in total. The Morgan fingerprint density at radius 2 is 1.73 bits per heavy atom. The van der Waals surface area contributed by atoms with Crippen LogP contribution in [0.25, 0.3) is 33.5 Å². The van der Waals surface area contributed by atoms with Crippen molar-refractivity contribution in [3.63, 3.8) is 0 Å². The minimum absolute atomic E-state index is 0.0497.